The number of hydrogen-bond donors (Lipinski definition) is 2. The molecule has 0 aliphatic carbocycles. The topological polar surface area (TPSA) is 55.1 Å². The smallest absolute Gasteiger partial charge is 0.217 e. The molecule has 1 rings (SSSR count). The SMILES string of the molecule is NC(=O)CCCC1CCCCCN1. The van der Waals surface area contributed by atoms with Crippen LogP contribution in [0.4, 0.5) is 0 Å². The molecule has 0 bridgehead atoms. The van der Waals surface area contributed by atoms with Crippen molar-refractivity contribution in [3.05, 3.63) is 0 Å². The Labute approximate surface area is 80.1 Å². The molecule has 0 aromatic rings. The van der Waals surface area contributed by atoms with E-state index in [1.165, 1.54) is 25.7 Å². The van der Waals surface area contributed by atoms with Gasteiger partial charge in [0.1, 0.15) is 0 Å². The minimum absolute atomic E-state index is 0.173. The normalized spacial score (nSPS) is 23.8. The first kappa shape index (κ1) is 10.5. The molecule has 0 spiro atoms. The van der Waals surface area contributed by atoms with Crippen LogP contribution in [0, 0.1) is 0 Å². The van der Waals surface area contributed by atoms with Gasteiger partial charge in [-0.1, -0.05) is 12.8 Å². The number of amides is 1. The van der Waals surface area contributed by atoms with Gasteiger partial charge in [0.05, 0.1) is 0 Å². The summed E-state index contributed by atoms with van der Waals surface area (Å²) in [6.45, 7) is 1.14. The van der Waals surface area contributed by atoms with Crippen LogP contribution in [0.2, 0.25) is 0 Å². The number of hydrogen-bond acceptors (Lipinski definition) is 2. The van der Waals surface area contributed by atoms with Crippen LogP contribution in [0.25, 0.3) is 0 Å². The molecule has 3 heteroatoms. The molecule has 3 N–H and O–H groups in total. The van der Waals surface area contributed by atoms with E-state index >= 15 is 0 Å². The zero-order valence-corrected chi connectivity index (χ0v) is 8.22. The molecule has 1 atom stereocenters. The Morgan fingerprint density at radius 1 is 1.38 bits per heavy atom. The third kappa shape index (κ3) is 4.88. The largest absolute Gasteiger partial charge is 0.370 e. The third-order valence-electron chi connectivity index (χ3n) is 2.64. The number of nitrogens with two attached hydrogens (primary N) is 1. The van der Waals surface area contributed by atoms with E-state index < -0.39 is 0 Å². The van der Waals surface area contributed by atoms with Gasteiger partial charge in [0, 0.05) is 12.5 Å². The van der Waals surface area contributed by atoms with Crippen molar-refractivity contribution in [3.8, 4) is 0 Å². The van der Waals surface area contributed by atoms with Crippen molar-refractivity contribution in [1.29, 1.82) is 0 Å². The van der Waals surface area contributed by atoms with Crippen LogP contribution in [-0.2, 0) is 4.79 Å². The number of carbonyl (C=O) groups is 1. The second-order valence-corrected chi connectivity index (χ2v) is 3.86. The quantitative estimate of drug-likeness (QED) is 0.689. The number of rotatable bonds is 4. The van der Waals surface area contributed by atoms with Gasteiger partial charge in [-0.25, -0.2) is 0 Å². The van der Waals surface area contributed by atoms with Gasteiger partial charge in [-0.05, 0) is 32.2 Å². The highest BCUT2D eigenvalue weighted by molar-refractivity contribution is 5.73. The fourth-order valence-electron chi connectivity index (χ4n) is 1.87. The molecule has 1 unspecified atom stereocenters. The highest BCUT2D eigenvalue weighted by Crippen LogP contribution is 2.12. The van der Waals surface area contributed by atoms with Crippen LogP contribution in [0.1, 0.15) is 44.9 Å². The first-order valence-electron chi connectivity index (χ1n) is 5.31. The molecule has 1 aliphatic heterocycles. The maximum atomic E-state index is 10.5. The maximum Gasteiger partial charge on any atom is 0.217 e. The van der Waals surface area contributed by atoms with E-state index in [1.54, 1.807) is 0 Å². The van der Waals surface area contributed by atoms with Gasteiger partial charge in [0.15, 0.2) is 0 Å². The van der Waals surface area contributed by atoms with Crippen molar-refractivity contribution in [2.45, 2.75) is 51.0 Å². The molecule has 76 valence electrons. The summed E-state index contributed by atoms with van der Waals surface area (Å²) >= 11 is 0. The molecule has 0 saturated carbocycles. The summed E-state index contributed by atoms with van der Waals surface area (Å²) in [5.41, 5.74) is 5.08. The predicted molar refractivity (Wildman–Crippen MR) is 53.3 cm³/mol. The Bertz CT molecular complexity index is 151. The van der Waals surface area contributed by atoms with Crippen molar-refractivity contribution in [2.24, 2.45) is 5.73 Å². The Hall–Kier alpha value is -0.570. The summed E-state index contributed by atoms with van der Waals surface area (Å²) in [7, 11) is 0. The molecule has 1 amide bonds. The van der Waals surface area contributed by atoms with Gasteiger partial charge in [-0.3, -0.25) is 4.79 Å². The van der Waals surface area contributed by atoms with E-state index in [2.05, 4.69) is 5.32 Å². The Kier molecular flexibility index (Phi) is 4.83. The van der Waals surface area contributed by atoms with Gasteiger partial charge in [0.25, 0.3) is 0 Å². The zero-order valence-electron chi connectivity index (χ0n) is 8.22. The van der Waals surface area contributed by atoms with Crippen molar-refractivity contribution in [1.82, 2.24) is 5.32 Å². The third-order valence-corrected chi connectivity index (χ3v) is 2.64. The number of carbonyl (C=O) groups excluding carboxylic acids is 1. The molecular weight excluding hydrogens is 164 g/mol. The lowest BCUT2D eigenvalue weighted by atomic mass is 10.0. The standard InChI is InChI=1S/C10H20N2O/c11-10(13)7-4-6-9-5-2-1-3-8-12-9/h9,12H,1-8H2,(H2,11,13). The Balaban J connectivity index is 2.08. The highest BCUT2D eigenvalue weighted by Gasteiger charge is 2.10. The van der Waals surface area contributed by atoms with E-state index in [4.69, 9.17) is 5.73 Å². The second-order valence-electron chi connectivity index (χ2n) is 3.86. The Morgan fingerprint density at radius 2 is 2.23 bits per heavy atom. The first-order valence-corrected chi connectivity index (χ1v) is 5.31. The van der Waals surface area contributed by atoms with Crippen LogP contribution in [0.15, 0.2) is 0 Å². The zero-order chi connectivity index (χ0) is 9.52. The average molecular weight is 184 g/mol. The second kappa shape index (κ2) is 5.97. The van der Waals surface area contributed by atoms with Crippen LogP contribution < -0.4 is 11.1 Å². The number of primary amides is 1. The van der Waals surface area contributed by atoms with Gasteiger partial charge >= 0.3 is 0 Å². The summed E-state index contributed by atoms with van der Waals surface area (Å²) in [6, 6.07) is 0.627. The molecule has 13 heavy (non-hydrogen) atoms. The lowest BCUT2D eigenvalue weighted by molar-refractivity contribution is -0.118. The molecule has 3 nitrogen and oxygen atoms in total. The monoisotopic (exact) mass is 184 g/mol. The molecule has 1 fully saturated rings. The lowest BCUT2D eigenvalue weighted by Gasteiger charge is -2.14. The summed E-state index contributed by atoms with van der Waals surface area (Å²) in [6.07, 6.45) is 7.81. The van der Waals surface area contributed by atoms with Gasteiger partial charge in [-0.2, -0.15) is 0 Å². The minimum atomic E-state index is -0.173. The highest BCUT2D eigenvalue weighted by atomic mass is 16.1. The van der Waals surface area contributed by atoms with Gasteiger partial charge < -0.3 is 11.1 Å². The van der Waals surface area contributed by atoms with Gasteiger partial charge in [0.2, 0.25) is 5.91 Å². The lowest BCUT2D eigenvalue weighted by Crippen LogP contribution is -2.28. The summed E-state index contributed by atoms with van der Waals surface area (Å²) in [5, 5.41) is 3.50. The van der Waals surface area contributed by atoms with Crippen LogP contribution in [-0.4, -0.2) is 18.5 Å². The van der Waals surface area contributed by atoms with Crippen molar-refractivity contribution in [3.63, 3.8) is 0 Å². The van der Waals surface area contributed by atoms with Crippen molar-refractivity contribution >= 4 is 5.91 Å². The Morgan fingerprint density at radius 3 is 3.00 bits per heavy atom. The van der Waals surface area contributed by atoms with Crippen molar-refractivity contribution < 1.29 is 4.79 Å². The minimum Gasteiger partial charge on any atom is -0.370 e. The van der Waals surface area contributed by atoms with Crippen LogP contribution >= 0.6 is 0 Å². The first-order chi connectivity index (χ1) is 6.29. The molecule has 0 aromatic carbocycles. The van der Waals surface area contributed by atoms with Crippen molar-refractivity contribution in [2.75, 3.05) is 6.54 Å². The summed E-state index contributed by atoms with van der Waals surface area (Å²) in [5.74, 6) is -0.173. The van der Waals surface area contributed by atoms with E-state index in [0.717, 1.165) is 19.4 Å². The molecule has 1 saturated heterocycles. The fourth-order valence-corrected chi connectivity index (χ4v) is 1.87. The average Bonchev–Trinajstić information content (AvgIpc) is 2.32. The summed E-state index contributed by atoms with van der Waals surface area (Å²) in [4.78, 5) is 10.5. The molecule has 0 radical (unpaired) electrons. The molecule has 1 heterocycles. The van der Waals surface area contributed by atoms with E-state index in [1.807, 2.05) is 0 Å². The van der Waals surface area contributed by atoms with Crippen LogP contribution in [0.5, 0.6) is 0 Å². The summed E-state index contributed by atoms with van der Waals surface area (Å²) < 4.78 is 0. The molecule has 0 aromatic heterocycles. The fraction of sp³-hybridized carbons (Fsp3) is 0.900. The van der Waals surface area contributed by atoms with E-state index in [0.29, 0.717) is 12.5 Å². The van der Waals surface area contributed by atoms with E-state index in [-0.39, 0.29) is 5.91 Å². The molecular formula is C10H20N2O. The van der Waals surface area contributed by atoms with Crippen LogP contribution in [0.3, 0.4) is 0 Å². The number of nitrogens with one attached hydrogen (secondary N) is 1. The predicted octanol–water partition coefficient (Wildman–Crippen LogP) is 1.17. The maximum absolute atomic E-state index is 10.5. The molecule has 1 aliphatic rings. The van der Waals surface area contributed by atoms with E-state index in [9.17, 15) is 4.79 Å². The van der Waals surface area contributed by atoms with Gasteiger partial charge in [-0.15, -0.1) is 0 Å².